The number of nitrogens with zero attached hydrogens (tertiary/aromatic N) is 1. The van der Waals surface area contributed by atoms with Crippen LogP contribution in [0.2, 0.25) is 10.0 Å². The van der Waals surface area contributed by atoms with Crippen LogP contribution in [0.3, 0.4) is 0 Å². The average Bonchev–Trinajstić information content (AvgIpc) is 3.03. The largest absolute Gasteiger partial charge is 0.493 e. The van der Waals surface area contributed by atoms with Crippen molar-refractivity contribution in [3.05, 3.63) is 92.6 Å². The molecule has 3 aromatic carbocycles. The van der Waals surface area contributed by atoms with E-state index in [2.05, 4.69) is 21.2 Å². The van der Waals surface area contributed by atoms with E-state index in [-0.39, 0.29) is 36.9 Å². The van der Waals surface area contributed by atoms with E-state index >= 15 is 0 Å². The molecule has 3 N–H and O–H groups in total. The molecule has 0 aliphatic carbocycles. The van der Waals surface area contributed by atoms with Crippen molar-refractivity contribution in [3.63, 3.8) is 0 Å². The van der Waals surface area contributed by atoms with E-state index in [4.69, 9.17) is 46.9 Å². The number of carbonyl (C=O) groups excluding carboxylic acids is 3. The zero-order valence-corrected chi connectivity index (χ0v) is 27.0. The Bertz CT molecular complexity index is 1680. The summed E-state index contributed by atoms with van der Waals surface area (Å²) in [5.74, 6) is 0.288. The molecule has 0 aromatic heterocycles. The summed E-state index contributed by atoms with van der Waals surface area (Å²) in [6, 6.07) is 13.9. The standard InChI is InChI=1S/C32H32Cl2N4O8/c1-5-44-31(40)28-18(2)36-32(41)37-29(28)19-10-12-24(26(13-19)43-4)45-17-27(39)38-35-15-20-7-6-8-25(42-3)30(20)46-16-21-9-11-22(33)14-23(21)34/h6-15,29H,5,16-17H2,1-4H3,(H,38,39)(H2,36,37,41)/b35-15+/t29-/m0/s1. The van der Waals surface area contributed by atoms with Crippen LogP contribution in [-0.4, -0.2) is 51.6 Å². The Labute approximate surface area is 275 Å². The molecule has 1 heterocycles. The lowest BCUT2D eigenvalue weighted by atomic mass is 9.95. The predicted molar refractivity (Wildman–Crippen MR) is 172 cm³/mol. The maximum Gasteiger partial charge on any atom is 0.338 e. The number of carbonyl (C=O) groups is 3. The SMILES string of the molecule is CCOC(=O)C1=C(C)NC(=O)N[C@H]1c1ccc(OCC(=O)N/N=C/c2cccc(OC)c2OCc2ccc(Cl)cc2Cl)c(OC)c1. The number of methoxy groups -OCH3 is 2. The number of amides is 3. The van der Waals surface area contributed by atoms with Crippen molar-refractivity contribution in [3.8, 4) is 23.0 Å². The maximum atomic E-state index is 12.6. The van der Waals surface area contributed by atoms with Gasteiger partial charge in [-0.25, -0.2) is 15.0 Å². The molecule has 46 heavy (non-hydrogen) atoms. The summed E-state index contributed by atoms with van der Waals surface area (Å²) < 4.78 is 27.8. The van der Waals surface area contributed by atoms with Crippen LogP contribution in [0.15, 0.2) is 71.0 Å². The smallest absolute Gasteiger partial charge is 0.338 e. The molecule has 0 saturated carbocycles. The topological polar surface area (TPSA) is 146 Å². The Morgan fingerprint density at radius 3 is 2.50 bits per heavy atom. The van der Waals surface area contributed by atoms with Crippen molar-refractivity contribution in [2.75, 3.05) is 27.4 Å². The van der Waals surface area contributed by atoms with Gasteiger partial charge in [0.1, 0.15) is 6.61 Å². The highest BCUT2D eigenvalue weighted by Gasteiger charge is 2.32. The third kappa shape index (κ3) is 8.40. The molecule has 0 saturated heterocycles. The summed E-state index contributed by atoms with van der Waals surface area (Å²) in [6.07, 6.45) is 1.42. The van der Waals surface area contributed by atoms with Gasteiger partial charge in [0.2, 0.25) is 0 Å². The number of ether oxygens (including phenoxy) is 5. The Morgan fingerprint density at radius 1 is 1.00 bits per heavy atom. The van der Waals surface area contributed by atoms with Crippen molar-refractivity contribution >= 4 is 47.3 Å². The third-order valence-corrected chi connectivity index (χ3v) is 7.24. The second-order valence-corrected chi connectivity index (χ2v) is 10.5. The van der Waals surface area contributed by atoms with Crippen molar-refractivity contribution in [2.45, 2.75) is 26.5 Å². The molecule has 1 atom stereocenters. The molecule has 4 rings (SSSR count). The van der Waals surface area contributed by atoms with Crippen LogP contribution < -0.4 is 35.0 Å². The van der Waals surface area contributed by atoms with Gasteiger partial charge in [-0.05, 0) is 55.8 Å². The summed E-state index contributed by atoms with van der Waals surface area (Å²) in [6.45, 7) is 3.24. The number of para-hydroxylation sites is 1. The first-order chi connectivity index (χ1) is 22.1. The molecular formula is C32H32Cl2N4O8. The lowest BCUT2D eigenvalue weighted by Gasteiger charge is -2.28. The predicted octanol–water partition coefficient (Wildman–Crippen LogP) is 5.31. The van der Waals surface area contributed by atoms with Crippen LogP contribution in [-0.2, 0) is 20.9 Å². The van der Waals surface area contributed by atoms with Crippen LogP contribution in [0.1, 0.15) is 36.6 Å². The third-order valence-electron chi connectivity index (χ3n) is 6.65. The first kappa shape index (κ1) is 33.9. The highest BCUT2D eigenvalue weighted by Crippen LogP contribution is 2.35. The van der Waals surface area contributed by atoms with E-state index in [1.54, 1.807) is 68.4 Å². The van der Waals surface area contributed by atoms with Gasteiger partial charge < -0.3 is 34.3 Å². The van der Waals surface area contributed by atoms with Gasteiger partial charge in [-0.3, -0.25) is 4.79 Å². The summed E-state index contributed by atoms with van der Waals surface area (Å²) in [5.41, 5.74) is 4.86. The van der Waals surface area contributed by atoms with Gasteiger partial charge >= 0.3 is 12.0 Å². The van der Waals surface area contributed by atoms with Gasteiger partial charge in [0.05, 0.1) is 38.7 Å². The molecule has 1 aliphatic rings. The lowest BCUT2D eigenvalue weighted by Crippen LogP contribution is -2.45. The van der Waals surface area contributed by atoms with Gasteiger partial charge in [-0.2, -0.15) is 5.10 Å². The molecule has 0 radical (unpaired) electrons. The molecule has 0 bridgehead atoms. The van der Waals surface area contributed by atoms with Crippen molar-refractivity contribution < 1.29 is 38.1 Å². The highest BCUT2D eigenvalue weighted by molar-refractivity contribution is 6.35. The number of esters is 1. The fourth-order valence-corrected chi connectivity index (χ4v) is 4.96. The fraction of sp³-hybridized carbons (Fsp3) is 0.250. The molecule has 0 unspecified atom stereocenters. The minimum absolute atomic E-state index is 0.141. The minimum Gasteiger partial charge on any atom is -0.493 e. The lowest BCUT2D eigenvalue weighted by molar-refractivity contribution is -0.139. The fourth-order valence-electron chi connectivity index (χ4n) is 4.49. The second kappa shape index (κ2) is 15.9. The second-order valence-electron chi connectivity index (χ2n) is 9.69. The Hall–Kier alpha value is -4.94. The first-order valence-electron chi connectivity index (χ1n) is 14.0. The quantitative estimate of drug-likeness (QED) is 0.126. The molecule has 242 valence electrons. The van der Waals surface area contributed by atoms with E-state index in [0.29, 0.717) is 38.4 Å². The van der Waals surface area contributed by atoms with Crippen LogP contribution in [0.25, 0.3) is 0 Å². The summed E-state index contributed by atoms with van der Waals surface area (Å²) in [4.78, 5) is 37.4. The molecule has 3 amide bonds. The van der Waals surface area contributed by atoms with Crippen molar-refractivity contribution in [1.82, 2.24) is 16.1 Å². The Kier molecular flexibility index (Phi) is 11.7. The van der Waals surface area contributed by atoms with E-state index in [0.717, 1.165) is 5.56 Å². The highest BCUT2D eigenvalue weighted by atomic mass is 35.5. The number of benzene rings is 3. The molecule has 3 aromatic rings. The van der Waals surface area contributed by atoms with Gasteiger partial charge in [0.25, 0.3) is 5.91 Å². The van der Waals surface area contributed by atoms with E-state index in [1.165, 1.54) is 20.4 Å². The average molecular weight is 672 g/mol. The van der Waals surface area contributed by atoms with Gasteiger partial charge in [0.15, 0.2) is 29.6 Å². The monoisotopic (exact) mass is 670 g/mol. The van der Waals surface area contributed by atoms with Crippen LogP contribution in [0.5, 0.6) is 23.0 Å². The molecule has 1 aliphatic heterocycles. The van der Waals surface area contributed by atoms with Crippen LogP contribution >= 0.6 is 23.2 Å². The summed E-state index contributed by atoms with van der Waals surface area (Å²) >= 11 is 12.3. The molecule has 0 spiro atoms. The summed E-state index contributed by atoms with van der Waals surface area (Å²) in [5, 5.41) is 10.3. The number of nitrogens with one attached hydrogen (secondary N) is 3. The number of hydrogen-bond acceptors (Lipinski definition) is 9. The number of halogens is 2. The molecule has 14 heteroatoms. The van der Waals surface area contributed by atoms with Gasteiger partial charge in [0, 0.05) is 26.9 Å². The Balaban J connectivity index is 1.41. The first-order valence-corrected chi connectivity index (χ1v) is 14.7. The number of allylic oxidation sites excluding steroid dienone is 1. The zero-order chi connectivity index (χ0) is 33.2. The van der Waals surface area contributed by atoms with E-state index in [9.17, 15) is 14.4 Å². The van der Waals surface area contributed by atoms with Gasteiger partial charge in [-0.1, -0.05) is 41.4 Å². The van der Waals surface area contributed by atoms with Gasteiger partial charge in [-0.15, -0.1) is 0 Å². The minimum atomic E-state index is -0.790. The van der Waals surface area contributed by atoms with E-state index < -0.39 is 23.9 Å². The molecule has 12 nitrogen and oxygen atoms in total. The summed E-state index contributed by atoms with van der Waals surface area (Å²) in [7, 11) is 2.94. The van der Waals surface area contributed by atoms with E-state index in [1.807, 2.05) is 0 Å². The molecular weight excluding hydrogens is 639 g/mol. The normalized spacial score (nSPS) is 14.3. The van der Waals surface area contributed by atoms with Crippen molar-refractivity contribution in [1.29, 1.82) is 0 Å². The number of hydrazone groups is 1. The number of rotatable bonds is 13. The van der Waals surface area contributed by atoms with Crippen molar-refractivity contribution in [2.24, 2.45) is 5.10 Å². The van der Waals surface area contributed by atoms with Crippen LogP contribution in [0, 0.1) is 0 Å². The Morgan fingerprint density at radius 2 is 1.78 bits per heavy atom. The number of urea groups is 1. The zero-order valence-electron chi connectivity index (χ0n) is 25.4. The van der Waals surface area contributed by atoms with Crippen LogP contribution in [0.4, 0.5) is 4.79 Å². The maximum absolute atomic E-state index is 12.6. The molecule has 0 fully saturated rings. The number of hydrogen-bond donors (Lipinski definition) is 3.